The van der Waals surface area contributed by atoms with Crippen LogP contribution >= 0.6 is 0 Å². The molecule has 0 aliphatic heterocycles. The molecule has 112 valence electrons. The van der Waals surface area contributed by atoms with Crippen molar-refractivity contribution in [3.8, 4) is 5.88 Å². The Hall–Kier alpha value is -2.07. The summed E-state index contributed by atoms with van der Waals surface area (Å²) in [5.74, 6) is 0.636. The zero-order valence-electron chi connectivity index (χ0n) is 12.8. The number of benzene rings is 1. The summed E-state index contributed by atoms with van der Waals surface area (Å²) >= 11 is 0. The van der Waals surface area contributed by atoms with Crippen molar-refractivity contribution in [1.82, 2.24) is 4.98 Å². The maximum absolute atomic E-state index is 5.71. The molecule has 1 heterocycles. The van der Waals surface area contributed by atoms with E-state index in [4.69, 9.17) is 9.47 Å². The molecule has 0 amide bonds. The van der Waals surface area contributed by atoms with Crippen molar-refractivity contribution in [2.45, 2.75) is 33.1 Å². The highest BCUT2D eigenvalue weighted by molar-refractivity contribution is 5.52. The van der Waals surface area contributed by atoms with Crippen LogP contribution in [-0.2, 0) is 17.9 Å². The van der Waals surface area contributed by atoms with E-state index in [2.05, 4.69) is 22.4 Å². The number of rotatable bonds is 7. The standard InChI is InChI=1S/C17H22N2O2/c1-13(2)21-17-16(9-6-10-18-17)19-11-14-7-4-5-8-15(14)12-20-3/h4-10,13,19H,11-12H2,1-3H3. The topological polar surface area (TPSA) is 43.4 Å². The number of pyridine rings is 1. The number of aromatic nitrogens is 1. The fourth-order valence-electron chi connectivity index (χ4n) is 2.06. The van der Waals surface area contributed by atoms with Crippen LogP contribution in [0.2, 0.25) is 0 Å². The summed E-state index contributed by atoms with van der Waals surface area (Å²) in [4.78, 5) is 4.28. The predicted octanol–water partition coefficient (Wildman–Crippen LogP) is 3.63. The van der Waals surface area contributed by atoms with E-state index in [-0.39, 0.29) is 6.10 Å². The van der Waals surface area contributed by atoms with Gasteiger partial charge in [0.05, 0.1) is 18.4 Å². The van der Waals surface area contributed by atoms with Crippen molar-refractivity contribution in [2.75, 3.05) is 12.4 Å². The van der Waals surface area contributed by atoms with Crippen LogP contribution in [0.25, 0.3) is 0 Å². The van der Waals surface area contributed by atoms with Crippen molar-refractivity contribution in [1.29, 1.82) is 0 Å². The molecule has 0 aliphatic carbocycles. The summed E-state index contributed by atoms with van der Waals surface area (Å²) < 4.78 is 10.9. The summed E-state index contributed by atoms with van der Waals surface area (Å²) in [6.45, 7) is 5.30. The molecule has 4 heteroatoms. The third-order valence-electron chi connectivity index (χ3n) is 3.01. The Bertz CT molecular complexity index is 570. The Morgan fingerprint density at radius 1 is 1.10 bits per heavy atom. The van der Waals surface area contributed by atoms with Crippen LogP contribution in [0.4, 0.5) is 5.69 Å². The van der Waals surface area contributed by atoms with E-state index >= 15 is 0 Å². The Labute approximate surface area is 126 Å². The van der Waals surface area contributed by atoms with E-state index in [1.165, 1.54) is 11.1 Å². The van der Waals surface area contributed by atoms with Gasteiger partial charge in [0, 0.05) is 19.9 Å². The highest BCUT2D eigenvalue weighted by atomic mass is 16.5. The van der Waals surface area contributed by atoms with E-state index in [0.29, 0.717) is 19.0 Å². The van der Waals surface area contributed by atoms with Crippen molar-refractivity contribution < 1.29 is 9.47 Å². The number of nitrogens with one attached hydrogen (secondary N) is 1. The largest absolute Gasteiger partial charge is 0.473 e. The summed E-state index contributed by atoms with van der Waals surface area (Å²) in [6.07, 6.45) is 1.84. The van der Waals surface area contributed by atoms with Gasteiger partial charge in [0.1, 0.15) is 0 Å². The lowest BCUT2D eigenvalue weighted by atomic mass is 10.1. The minimum Gasteiger partial charge on any atom is -0.473 e. The van der Waals surface area contributed by atoms with Gasteiger partial charge in [-0.1, -0.05) is 24.3 Å². The van der Waals surface area contributed by atoms with Crippen LogP contribution in [-0.4, -0.2) is 18.2 Å². The van der Waals surface area contributed by atoms with E-state index in [0.717, 1.165) is 5.69 Å². The van der Waals surface area contributed by atoms with Crippen LogP contribution in [0.15, 0.2) is 42.6 Å². The van der Waals surface area contributed by atoms with E-state index in [9.17, 15) is 0 Å². The number of methoxy groups -OCH3 is 1. The smallest absolute Gasteiger partial charge is 0.237 e. The molecule has 0 saturated heterocycles. The number of nitrogens with zero attached hydrogens (tertiary/aromatic N) is 1. The van der Waals surface area contributed by atoms with Gasteiger partial charge in [0.2, 0.25) is 5.88 Å². The fourth-order valence-corrected chi connectivity index (χ4v) is 2.06. The van der Waals surface area contributed by atoms with Gasteiger partial charge in [0.25, 0.3) is 0 Å². The number of hydrogen-bond donors (Lipinski definition) is 1. The molecule has 1 aromatic carbocycles. The first kappa shape index (κ1) is 15.3. The third-order valence-corrected chi connectivity index (χ3v) is 3.01. The van der Waals surface area contributed by atoms with Crippen LogP contribution < -0.4 is 10.1 Å². The summed E-state index contributed by atoms with van der Waals surface area (Å²) in [7, 11) is 1.71. The summed E-state index contributed by atoms with van der Waals surface area (Å²) in [5, 5.41) is 3.39. The van der Waals surface area contributed by atoms with Crippen molar-refractivity contribution in [3.05, 3.63) is 53.7 Å². The average Bonchev–Trinajstić information content (AvgIpc) is 2.47. The molecule has 21 heavy (non-hydrogen) atoms. The Balaban J connectivity index is 2.10. The third kappa shape index (κ3) is 4.46. The summed E-state index contributed by atoms with van der Waals surface area (Å²) in [6, 6.07) is 12.1. The minimum absolute atomic E-state index is 0.0984. The van der Waals surface area contributed by atoms with Gasteiger partial charge >= 0.3 is 0 Å². The molecule has 1 aromatic heterocycles. The molecule has 0 aliphatic rings. The molecular formula is C17H22N2O2. The van der Waals surface area contributed by atoms with Crippen LogP contribution in [0.1, 0.15) is 25.0 Å². The first-order valence-corrected chi connectivity index (χ1v) is 7.12. The number of ether oxygens (including phenoxy) is 2. The molecule has 2 aromatic rings. The zero-order valence-corrected chi connectivity index (χ0v) is 12.8. The normalized spacial score (nSPS) is 10.7. The van der Waals surface area contributed by atoms with Gasteiger partial charge in [-0.2, -0.15) is 0 Å². The Morgan fingerprint density at radius 3 is 2.57 bits per heavy atom. The fraction of sp³-hybridized carbons (Fsp3) is 0.353. The molecule has 2 rings (SSSR count). The van der Waals surface area contributed by atoms with Gasteiger partial charge in [-0.15, -0.1) is 0 Å². The molecule has 4 nitrogen and oxygen atoms in total. The number of hydrogen-bond acceptors (Lipinski definition) is 4. The van der Waals surface area contributed by atoms with E-state index in [1.807, 2.05) is 38.1 Å². The van der Waals surface area contributed by atoms with Gasteiger partial charge in [0.15, 0.2) is 0 Å². The van der Waals surface area contributed by atoms with E-state index in [1.54, 1.807) is 13.3 Å². The second-order valence-corrected chi connectivity index (χ2v) is 5.08. The monoisotopic (exact) mass is 286 g/mol. The Morgan fingerprint density at radius 2 is 1.86 bits per heavy atom. The molecule has 0 radical (unpaired) electrons. The lowest BCUT2D eigenvalue weighted by molar-refractivity contribution is 0.184. The molecular weight excluding hydrogens is 264 g/mol. The van der Waals surface area contributed by atoms with Gasteiger partial charge in [-0.25, -0.2) is 4.98 Å². The Kier molecular flexibility index (Phi) is 5.58. The van der Waals surface area contributed by atoms with Crippen LogP contribution in [0, 0.1) is 0 Å². The molecule has 0 saturated carbocycles. The SMILES string of the molecule is COCc1ccccc1CNc1cccnc1OC(C)C. The molecule has 0 atom stereocenters. The molecule has 0 fully saturated rings. The van der Waals surface area contributed by atoms with Crippen molar-refractivity contribution >= 4 is 5.69 Å². The minimum atomic E-state index is 0.0984. The quantitative estimate of drug-likeness (QED) is 0.844. The summed E-state index contributed by atoms with van der Waals surface area (Å²) in [5.41, 5.74) is 3.29. The average molecular weight is 286 g/mol. The predicted molar refractivity (Wildman–Crippen MR) is 84.5 cm³/mol. The maximum Gasteiger partial charge on any atom is 0.237 e. The second kappa shape index (κ2) is 7.64. The lowest BCUT2D eigenvalue weighted by Gasteiger charge is -2.15. The van der Waals surface area contributed by atoms with Crippen LogP contribution in [0.5, 0.6) is 5.88 Å². The van der Waals surface area contributed by atoms with Crippen LogP contribution in [0.3, 0.4) is 0 Å². The number of anilines is 1. The highest BCUT2D eigenvalue weighted by Gasteiger charge is 2.07. The first-order chi connectivity index (χ1) is 10.2. The molecule has 0 unspecified atom stereocenters. The molecule has 0 spiro atoms. The molecule has 1 N–H and O–H groups in total. The molecule has 0 bridgehead atoms. The van der Waals surface area contributed by atoms with Gasteiger partial charge in [-0.05, 0) is 37.1 Å². The lowest BCUT2D eigenvalue weighted by Crippen LogP contribution is -2.10. The zero-order chi connectivity index (χ0) is 15.1. The van der Waals surface area contributed by atoms with Gasteiger partial charge in [-0.3, -0.25) is 0 Å². The van der Waals surface area contributed by atoms with E-state index < -0.39 is 0 Å². The second-order valence-electron chi connectivity index (χ2n) is 5.08. The van der Waals surface area contributed by atoms with Gasteiger partial charge < -0.3 is 14.8 Å². The first-order valence-electron chi connectivity index (χ1n) is 7.12. The highest BCUT2D eigenvalue weighted by Crippen LogP contribution is 2.23. The van der Waals surface area contributed by atoms with Crippen molar-refractivity contribution in [2.24, 2.45) is 0 Å². The maximum atomic E-state index is 5.71. The van der Waals surface area contributed by atoms with Crippen molar-refractivity contribution in [3.63, 3.8) is 0 Å².